The summed E-state index contributed by atoms with van der Waals surface area (Å²) in [5.74, 6) is -0.939. The lowest BCUT2D eigenvalue weighted by Gasteiger charge is -2.16. The largest absolute Gasteiger partial charge is 0.464 e. The van der Waals surface area contributed by atoms with Gasteiger partial charge in [0.05, 0.1) is 6.61 Å². The van der Waals surface area contributed by atoms with Crippen molar-refractivity contribution in [2.24, 2.45) is 0 Å². The van der Waals surface area contributed by atoms with E-state index in [-0.39, 0.29) is 6.61 Å². The highest BCUT2D eigenvalue weighted by Crippen LogP contribution is 2.27. The fraction of sp³-hybridized carbons (Fsp3) is 0.200. The molecule has 0 aliphatic carbocycles. The number of hydrogen-bond acceptors (Lipinski definition) is 3. The van der Waals surface area contributed by atoms with Gasteiger partial charge >= 0.3 is 5.97 Å². The van der Waals surface area contributed by atoms with Gasteiger partial charge in [0, 0.05) is 27.1 Å². The Morgan fingerprint density at radius 3 is 2.95 bits per heavy atom. The predicted molar refractivity (Wildman–Crippen MR) is 83.7 cm³/mol. The van der Waals surface area contributed by atoms with Crippen LogP contribution in [0.25, 0.3) is 10.9 Å². The Bertz CT molecular complexity index is 693. The first-order chi connectivity index (χ1) is 10.1. The van der Waals surface area contributed by atoms with Crippen LogP contribution in [0.3, 0.4) is 0 Å². The summed E-state index contributed by atoms with van der Waals surface area (Å²) < 4.78 is 5.92. The number of halogens is 1. The molecule has 0 bridgehead atoms. The van der Waals surface area contributed by atoms with Crippen molar-refractivity contribution in [2.75, 3.05) is 6.61 Å². The number of aromatic nitrogens is 1. The van der Waals surface area contributed by atoms with Gasteiger partial charge in [0.2, 0.25) is 5.91 Å². The predicted octanol–water partition coefficient (Wildman–Crippen LogP) is 2.84. The van der Waals surface area contributed by atoms with E-state index in [0.717, 1.165) is 21.5 Å². The van der Waals surface area contributed by atoms with Crippen LogP contribution < -0.4 is 5.32 Å². The number of amides is 1. The van der Waals surface area contributed by atoms with Crippen molar-refractivity contribution in [3.8, 4) is 0 Å². The summed E-state index contributed by atoms with van der Waals surface area (Å²) in [5, 5.41) is 3.44. The lowest BCUT2D eigenvalue weighted by Crippen LogP contribution is -2.33. The summed E-state index contributed by atoms with van der Waals surface area (Å²) in [6, 6.07) is 4.79. The van der Waals surface area contributed by atoms with Gasteiger partial charge in [0.1, 0.15) is 0 Å². The molecule has 0 saturated heterocycles. The normalized spacial score (nSPS) is 11.9. The van der Waals surface area contributed by atoms with Crippen LogP contribution >= 0.6 is 15.9 Å². The van der Waals surface area contributed by atoms with Crippen LogP contribution in [0, 0.1) is 0 Å². The standard InChI is InChI=1S/C15H15BrN2O3/c1-3-13(19)18-14(15(20)21-4-2)11-8-17-12-6-5-9(16)7-10(11)12/h3,5-8,14,17H,1,4H2,2H3,(H,18,19). The van der Waals surface area contributed by atoms with Crippen molar-refractivity contribution < 1.29 is 14.3 Å². The molecule has 1 heterocycles. The molecule has 0 radical (unpaired) electrons. The number of ether oxygens (including phenoxy) is 1. The first kappa shape index (κ1) is 15.3. The van der Waals surface area contributed by atoms with Crippen LogP contribution in [0.15, 0.2) is 41.5 Å². The number of rotatable bonds is 5. The second kappa shape index (κ2) is 6.58. The zero-order chi connectivity index (χ0) is 15.4. The Balaban J connectivity index is 2.46. The van der Waals surface area contributed by atoms with Gasteiger partial charge in [-0.3, -0.25) is 4.79 Å². The Kier molecular flexibility index (Phi) is 4.80. The van der Waals surface area contributed by atoms with Gasteiger partial charge in [-0.05, 0) is 31.2 Å². The van der Waals surface area contributed by atoms with Crippen LogP contribution in [-0.2, 0) is 14.3 Å². The van der Waals surface area contributed by atoms with E-state index in [1.165, 1.54) is 0 Å². The van der Waals surface area contributed by atoms with E-state index in [2.05, 4.69) is 32.8 Å². The van der Waals surface area contributed by atoms with E-state index in [0.29, 0.717) is 5.56 Å². The van der Waals surface area contributed by atoms with E-state index in [1.807, 2.05) is 18.2 Å². The van der Waals surface area contributed by atoms with Crippen LogP contribution in [0.4, 0.5) is 0 Å². The minimum Gasteiger partial charge on any atom is -0.464 e. The second-order valence-corrected chi connectivity index (χ2v) is 5.25. The average molecular weight is 351 g/mol. The van der Waals surface area contributed by atoms with Crippen molar-refractivity contribution in [3.63, 3.8) is 0 Å². The third kappa shape index (κ3) is 3.33. The van der Waals surface area contributed by atoms with Crippen LogP contribution in [-0.4, -0.2) is 23.5 Å². The number of hydrogen-bond donors (Lipinski definition) is 2. The number of aromatic amines is 1. The van der Waals surface area contributed by atoms with E-state index in [1.54, 1.807) is 13.1 Å². The van der Waals surface area contributed by atoms with Gasteiger partial charge < -0.3 is 15.0 Å². The molecule has 2 aromatic rings. The molecule has 1 atom stereocenters. The minimum atomic E-state index is -0.876. The summed E-state index contributed by atoms with van der Waals surface area (Å²) in [6.07, 6.45) is 2.82. The SMILES string of the molecule is C=CC(=O)NC(C(=O)OCC)c1c[nH]c2ccc(Br)cc12. The monoisotopic (exact) mass is 350 g/mol. The summed E-state index contributed by atoms with van der Waals surface area (Å²) in [7, 11) is 0. The van der Waals surface area contributed by atoms with E-state index in [4.69, 9.17) is 4.74 Å². The Morgan fingerprint density at radius 1 is 1.52 bits per heavy atom. The van der Waals surface area contributed by atoms with Crippen molar-refractivity contribution >= 4 is 38.7 Å². The molecule has 0 fully saturated rings. The number of fused-ring (bicyclic) bond motifs is 1. The first-order valence-electron chi connectivity index (χ1n) is 6.43. The molecule has 6 heteroatoms. The van der Waals surface area contributed by atoms with Crippen molar-refractivity contribution in [3.05, 3.63) is 47.1 Å². The highest BCUT2D eigenvalue weighted by Gasteiger charge is 2.26. The second-order valence-electron chi connectivity index (χ2n) is 4.33. The highest BCUT2D eigenvalue weighted by atomic mass is 79.9. The summed E-state index contributed by atoms with van der Waals surface area (Å²) >= 11 is 3.40. The van der Waals surface area contributed by atoms with Gasteiger partial charge in [0.25, 0.3) is 0 Å². The van der Waals surface area contributed by atoms with E-state index < -0.39 is 17.9 Å². The molecule has 0 saturated carbocycles. The van der Waals surface area contributed by atoms with Gasteiger partial charge in [-0.25, -0.2) is 4.79 Å². The third-order valence-electron chi connectivity index (χ3n) is 2.98. The quantitative estimate of drug-likeness (QED) is 0.643. The van der Waals surface area contributed by atoms with Gasteiger partial charge in [0.15, 0.2) is 6.04 Å². The van der Waals surface area contributed by atoms with E-state index in [9.17, 15) is 9.59 Å². The zero-order valence-corrected chi connectivity index (χ0v) is 13.1. The minimum absolute atomic E-state index is 0.241. The molecule has 21 heavy (non-hydrogen) atoms. The van der Waals surface area contributed by atoms with Crippen molar-refractivity contribution in [2.45, 2.75) is 13.0 Å². The molecular weight excluding hydrogens is 336 g/mol. The fourth-order valence-electron chi connectivity index (χ4n) is 2.04. The first-order valence-corrected chi connectivity index (χ1v) is 7.22. The third-order valence-corrected chi connectivity index (χ3v) is 3.47. The molecule has 0 aliphatic heterocycles. The number of carbonyl (C=O) groups excluding carboxylic acids is 2. The van der Waals surface area contributed by atoms with Crippen molar-refractivity contribution in [1.29, 1.82) is 0 Å². The fourth-order valence-corrected chi connectivity index (χ4v) is 2.40. The molecule has 110 valence electrons. The molecule has 1 unspecified atom stereocenters. The Hall–Kier alpha value is -2.08. The Labute approximate surface area is 130 Å². The molecule has 0 aliphatic rings. The number of carbonyl (C=O) groups is 2. The lowest BCUT2D eigenvalue weighted by atomic mass is 10.1. The molecule has 2 rings (SSSR count). The molecule has 1 aromatic heterocycles. The Morgan fingerprint density at radius 2 is 2.29 bits per heavy atom. The maximum atomic E-state index is 12.1. The number of H-pyrrole nitrogens is 1. The maximum absolute atomic E-state index is 12.1. The van der Waals surface area contributed by atoms with Crippen LogP contribution in [0.5, 0.6) is 0 Å². The highest BCUT2D eigenvalue weighted by molar-refractivity contribution is 9.10. The lowest BCUT2D eigenvalue weighted by molar-refractivity contribution is -0.147. The smallest absolute Gasteiger partial charge is 0.333 e. The molecule has 2 N–H and O–H groups in total. The zero-order valence-electron chi connectivity index (χ0n) is 11.5. The summed E-state index contributed by atoms with van der Waals surface area (Å²) in [5.41, 5.74) is 1.52. The number of nitrogens with one attached hydrogen (secondary N) is 2. The molecule has 1 amide bonds. The van der Waals surface area contributed by atoms with Gasteiger partial charge in [-0.2, -0.15) is 0 Å². The van der Waals surface area contributed by atoms with Crippen LogP contribution in [0.2, 0.25) is 0 Å². The topological polar surface area (TPSA) is 71.2 Å². The van der Waals surface area contributed by atoms with Gasteiger partial charge in [-0.1, -0.05) is 22.5 Å². The molecule has 0 spiro atoms. The summed E-state index contributed by atoms with van der Waals surface area (Å²) in [4.78, 5) is 26.8. The van der Waals surface area contributed by atoms with Gasteiger partial charge in [-0.15, -0.1) is 0 Å². The maximum Gasteiger partial charge on any atom is 0.333 e. The molecular formula is C15H15BrN2O3. The van der Waals surface area contributed by atoms with E-state index >= 15 is 0 Å². The summed E-state index contributed by atoms with van der Waals surface area (Å²) in [6.45, 7) is 5.36. The molecule has 5 nitrogen and oxygen atoms in total. The van der Waals surface area contributed by atoms with Crippen LogP contribution in [0.1, 0.15) is 18.5 Å². The van der Waals surface area contributed by atoms with Crippen molar-refractivity contribution in [1.82, 2.24) is 10.3 Å². The average Bonchev–Trinajstić information content (AvgIpc) is 2.87. The number of benzene rings is 1. The number of esters is 1. The molecule has 1 aromatic carbocycles.